The molecule has 5 heterocycles. The van der Waals surface area contributed by atoms with Gasteiger partial charge in [-0.25, -0.2) is 13.4 Å². The number of carbonyl (C=O) groups excluding carboxylic acids is 1. The highest BCUT2D eigenvalue weighted by Crippen LogP contribution is 2.37. The van der Waals surface area contributed by atoms with Gasteiger partial charge in [0, 0.05) is 48.7 Å². The molecule has 2 saturated heterocycles. The van der Waals surface area contributed by atoms with Crippen LogP contribution in [0.5, 0.6) is 0 Å². The standard InChI is InChI=1S/C29H35N5O3S3/c1-20(2)34(40(36,37)26-11-7-15-38-26)25-10-5-8-21-16-24(31-27(21)25)28-30-17-23(39-28)19-32-12-6-9-22(18-32)29(35)33-13-3-4-14-33/h5,7-8,10-11,15-17,20,22,31H,3-4,6,9,12-14,18-19H2,1-2H3. The van der Waals surface area contributed by atoms with Crippen molar-refractivity contribution in [1.82, 2.24) is 19.8 Å². The third kappa shape index (κ3) is 5.32. The molecular weight excluding hydrogens is 563 g/mol. The van der Waals surface area contributed by atoms with Gasteiger partial charge in [-0.05, 0) is 69.7 Å². The van der Waals surface area contributed by atoms with Crippen LogP contribution in [0, 0.1) is 5.92 Å². The summed E-state index contributed by atoms with van der Waals surface area (Å²) in [6, 6.07) is 11.0. The van der Waals surface area contributed by atoms with Gasteiger partial charge in [-0.15, -0.1) is 22.7 Å². The van der Waals surface area contributed by atoms with E-state index in [1.165, 1.54) is 15.6 Å². The Morgan fingerprint density at radius 1 is 1.15 bits per heavy atom. The molecule has 212 valence electrons. The van der Waals surface area contributed by atoms with E-state index in [9.17, 15) is 13.2 Å². The van der Waals surface area contributed by atoms with Crippen molar-refractivity contribution >= 4 is 55.2 Å². The molecule has 8 nitrogen and oxygen atoms in total. The highest BCUT2D eigenvalue weighted by molar-refractivity contribution is 7.94. The second-order valence-corrected chi connectivity index (χ2v) is 15.1. The lowest BCUT2D eigenvalue weighted by molar-refractivity contribution is -0.136. The topological polar surface area (TPSA) is 89.6 Å². The number of benzene rings is 1. The van der Waals surface area contributed by atoms with Crippen LogP contribution >= 0.6 is 22.7 Å². The van der Waals surface area contributed by atoms with E-state index in [1.807, 2.05) is 44.3 Å². The molecular formula is C29H35N5O3S3. The summed E-state index contributed by atoms with van der Waals surface area (Å²) in [5.74, 6) is 0.429. The number of anilines is 1. The lowest BCUT2D eigenvalue weighted by atomic mass is 9.96. The largest absolute Gasteiger partial charge is 0.351 e. The third-order valence-electron chi connectivity index (χ3n) is 7.78. The number of H-pyrrole nitrogens is 1. The maximum absolute atomic E-state index is 13.6. The first kappa shape index (κ1) is 27.4. The number of likely N-dealkylation sites (tertiary alicyclic amines) is 2. The van der Waals surface area contributed by atoms with Crippen molar-refractivity contribution in [3.05, 3.63) is 52.9 Å². The number of hydrogen-bond acceptors (Lipinski definition) is 7. The van der Waals surface area contributed by atoms with Gasteiger partial charge in [-0.3, -0.25) is 14.0 Å². The summed E-state index contributed by atoms with van der Waals surface area (Å²) < 4.78 is 29.0. The molecule has 1 amide bonds. The molecule has 11 heteroatoms. The first-order valence-electron chi connectivity index (χ1n) is 14.0. The van der Waals surface area contributed by atoms with Crippen LogP contribution in [0.2, 0.25) is 0 Å². The van der Waals surface area contributed by atoms with Gasteiger partial charge in [0.25, 0.3) is 10.0 Å². The molecule has 1 N–H and O–H groups in total. The van der Waals surface area contributed by atoms with E-state index in [2.05, 4.69) is 14.8 Å². The maximum Gasteiger partial charge on any atom is 0.274 e. The molecule has 0 radical (unpaired) electrons. The van der Waals surface area contributed by atoms with E-state index in [4.69, 9.17) is 4.98 Å². The number of carbonyl (C=O) groups is 1. The Kier molecular flexibility index (Phi) is 7.73. The Morgan fingerprint density at radius 2 is 1.98 bits per heavy atom. The third-order valence-corrected chi connectivity index (χ3v) is 12.2. The van der Waals surface area contributed by atoms with Crippen LogP contribution in [0.3, 0.4) is 0 Å². The first-order chi connectivity index (χ1) is 19.3. The van der Waals surface area contributed by atoms with Gasteiger partial charge in [0.05, 0.1) is 22.8 Å². The van der Waals surface area contributed by atoms with Gasteiger partial charge >= 0.3 is 0 Å². The maximum atomic E-state index is 13.6. The Hall–Kier alpha value is -2.73. The van der Waals surface area contributed by atoms with Crippen LogP contribution in [0.15, 0.2) is 52.2 Å². The lowest BCUT2D eigenvalue weighted by Gasteiger charge is -2.33. The van der Waals surface area contributed by atoms with E-state index in [1.54, 1.807) is 28.8 Å². The zero-order chi connectivity index (χ0) is 27.9. The summed E-state index contributed by atoms with van der Waals surface area (Å²) in [5, 5.41) is 3.60. The van der Waals surface area contributed by atoms with Gasteiger partial charge in [-0.2, -0.15) is 0 Å². The summed E-state index contributed by atoms with van der Waals surface area (Å²) in [6.07, 6.45) is 6.20. The number of amides is 1. The number of thiazole rings is 1. The van der Waals surface area contributed by atoms with E-state index in [0.717, 1.165) is 84.9 Å². The van der Waals surface area contributed by atoms with Crippen LogP contribution in [-0.2, 0) is 21.4 Å². The van der Waals surface area contributed by atoms with Crippen LogP contribution in [0.4, 0.5) is 5.69 Å². The highest BCUT2D eigenvalue weighted by atomic mass is 32.2. The average molecular weight is 598 g/mol. The van der Waals surface area contributed by atoms with Crippen LogP contribution in [-0.4, -0.2) is 66.3 Å². The molecule has 0 aliphatic carbocycles. The number of aromatic nitrogens is 2. The molecule has 0 spiro atoms. The fourth-order valence-corrected chi connectivity index (χ4v) is 9.63. The molecule has 2 aliphatic heterocycles. The number of nitrogens with zero attached hydrogens (tertiary/aromatic N) is 4. The summed E-state index contributed by atoms with van der Waals surface area (Å²) in [6.45, 7) is 8.20. The van der Waals surface area contributed by atoms with Crippen molar-refractivity contribution in [3.8, 4) is 10.7 Å². The molecule has 6 rings (SSSR count). The number of hydrogen-bond donors (Lipinski definition) is 1. The van der Waals surface area contributed by atoms with Gasteiger partial charge < -0.3 is 9.88 Å². The fourth-order valence-electron chi connectivity index (χ4n) is 5.95. The van der Waals surface area contributed by atoms with E-state index < -0.39 is 10.0 Å². The molecule has 2 fully saturated rings. The number of rotatable bonds is 8. The lowest BCUT2D eigenvalue weighted by Crippen LogP contribution is -2.43. The minimum Gasteiger partial charge on any atom is -0.351 e. The van der Waals surface area contributed by atoms with Gasteiger partial charge in [0.1, 0.15) is 9.22 Å². The average Bonchev–Trinajstić information content (AvgIpc) is 3.74. The summed E-state index contributed by atoms with van der Waals surface area (Å²) in [4.78, 5) is 26.8. The van der Waals surface area contributed by atoms with Crippen LogP contribution in [0.25, 0.3) is 21.6 Å². The normalized spacial score (nSPS) is 18.7. The monoisotopic (exact) mass is 597 g/mol. The molecule has 0 bridgehead atoms. The second kappa shape index (κ2) is 11.3. The van der Waals surface area contributed by atoms with Gasteiger partial charge in [-0.1, -0.05) is 18.2 Å². The predicted molar refractivity (Wildman–Crippen MR) is 162 cm³/mol. The zero-order valence-electron chi connectivity index (χ0n) is 22.9. The molecule has 0 saturated carbocycles. The first-order valence-corrected chi connectivity index (χ1v) is 17.1. The van der Waals surface area contributed by atoms with Gasteiger partial charge in [0.2, 0.25) is 5.91 Å². The molecule has 1 atom stereocenters. The quantitative estimate of drug-likeness (QED) is 0.278. The Morgan fingerprint density at radius 3 is 2.73 bits per heavy atom. The summed E-state index contributed by atoms with van der Waals surface area (Å²) >= 11 is 2.87. The number of sulfonamides is 1. The van der Waals surface area contributed by atoms with Crippen LogP contribution < -0.4 is 4.31 Å². The summed E-state index contributed by atoms with van der Waals surface area (Å²) in [7, 11) is -3.70. The SMILES string of the molecule is CC(C)N(c1cccc2cc(-c3ncc(CN4CCCC(C(=O)N5CCCC5)C4)s3)[nH]c12)S(=O)(=O)c1cccs1. The summed E-state index contributed by atoms with van der Waals surface area (Å²) in [5.41, 5.74) is 2.28. The second-order valence-electron chi connectivity index (χ2n) is 11.0. The number of nitrogens with one attached hydrogen (secondary N) is 1. The van der Waals surface area contributed by atoms with E-state index in [0.29, 0.717) is 15.8 Å². The number of piperidine rings is 1. The van der Waals surface area contributed by atoms with Crippen molar-refractivity contribution in [2.24, 2.45) is 5.92 Å². The zero-order valence-corrected chi connectivity index (χ0v) is 25.3. The van der Waals surface area contributed by atoms with E-state index >= 15 is 0 Å². The minimum atomic E-state index is -3.70. The minimum absolute atomic E-state index is 0.0979. The predicted octanol–water partition coefficient (Wildman–Crippen LogP) is 5.79. The Labute approximate surface area is 243 Å². The number of aromatic amines is 1. The van der Waals surface area contributed by atoms with Crippen LogP contribution in [0.1, 0.15) is 44.4 Å². The van der Waals surface area contributed by atoms with Crippen molar-refractivity contribution in [2.45, 2.75) is 56.3 Å². The van der Waals surface area contributed by atoms with Gasteiger partial charge in [0.15, 0.2) is 0 Å². The molecule has 40 heavy (non-hydrogen) atoms. The Balaban J connectivity index is 1.22. The van der Waals surface area contributed by atoms with Crippen molar-refractivity contribution in [2.75, 3.05) is 30.5 Å². The molecule has 4 aromatic rings. The Bertz CT molecular complexity index is 1590. The molecule has 2 aliphatic rings. The van der Waals surface area contributed by atoms with Crippen molar-refractivity contribution in [3.63, 3.8) is 0 Å². The fraction of sp³-hybridized carbons (Fsp3) is 0.448. The molecule has 3 aromatic heterocycles. The van der Waals surface area contributed by atoms with Crippen molar-refractivity contribution < 1.29 is 13.2 Å². The molecule has 1 unspecified atom stereocenters. The van der Waals surface area contributed by atoms with Crippen molar-refractivity contribution in [1.29, 1.82) is 0 Å². The highest BCUT2D eigenvalue weighted by Gasteiger charge is 2.32. The number of thiophene rings is 1. The smallest absolute Gasteiger partial charge is 0.274 e. The number of fused-ring (bicyclic) bond motifs is 1. The van der Waals surface area contributed by atoms with E-state index in [-0.39, 0.29) is 12.0 Å². The number of para-hydroxylation sites is 1. The molecule has 1 aromatic carbocycles.